The third-order valence-corrected chi connectivity index (χ3v) is 8.53. The van der Waals surface area contributed by atoms with Crippen LogP contribution in [0, 0.1) is 10.8 Å². The van der Waals surface area contributed by atoms with Crippen molar-refractivity contribution in [3.63, 3.8) is 0 Å². The first-order valence-corrected chi connectivity index (χ1v) is 15.4. The zero-order valence-corrected chi connectivity index (χ0v) is 28.4. The van der Waals surface area contributed by atoms with E-state index in [0.29, 0.717) is 12.0 Å². The molecule has 0 radical (unpaired) electrons. The molecule has 236 valence electrons. The Kier molecular flexibility index (Phi) is 13.2. The van der Waals surface area contributed by atoms with Crippen LogP contribution < -0.4 is 0 Å². The zero-order valence-electron chi connectivity index (χ0n) is 28.4. The Morgan fingerprint density at radius 2 is 1.09 bits per heavy atom. The number of hydrogen-bond donors (Lipinski definition) is 2. The maximum atomic E-state index is 12.2. The molecule has 0 heterocycles. The minimum absolute atomic E-state index is 0.0127. The lowest BCUT2D eigenvalue weighted by molar-refractivity contribution is -0.125. The molecular weight excluding hydrogens is 544 g/mol. The summed E-state index contributed by atoms with van der Waals surface area (Å²) in [5.74, 6) is -0.163. The molecule has 2 aliphatic carbocycles. The lowest BCUT2D eigenvalue weighted by Gasteiger charge is -2.36. The van der Waals surface area contributed by atoms with E-state index in [2.05, 4.69) is 39.0 Å². The number of hydrogen-bond acceptors (Lipinski definition) is 4. The Morgan fingerprint density at radius 3 is 1.59 bits per heavy atom. The van der Waals surface area contributed by atoms with Crippen LogP contribution in [0.2, 0.25) is 0 Å². The largest absolute Gasteiger partial charge is 0.392 e. The number of rotatable bonds is 10. The molecule has 0 amide bonds. The van der Waals surface area contributed by atoms with Crippen LogP contribution in [0.4, 0.5) is 0 Å². The summed E-state index contributed by atoms with van der Waals surface area (Å²) in [4.78, 5) is 24.4. The molecule has 0 spiro atoms. The second-order valence-electron chi connectivity index (χ2n) is 13.3. The smallest absolute Gasteiger partial charge is 0.187 e. The molecule has 4 heteroatoms. The average Bonchev–Trinajstić information content (AvgIpc) is 2.92. The highest BCUT2D eigenvalue weighted by molar-refractivity contribution is 6.00. The van der Waals surface area contributed by atoms with E-state index in [-0.39, 0.29) is 23.4 Å². The average molecular weight is 597 g/mol. The van der Waals surface area contributed by atoms with E-state index in [1.165, 1.54) is 0 Å². The van der Waals surface area contributed by atoms with Gasteiger partial charge < -0.3 is 10.2 Å². The number of aliphatic hydroxyl groups excluding tert-OH is 2. The fourth-order valence-corrected chi connectivity index (χ4v) is 5.43. The van der Waals surface area contributed by atoms with E-state index in [9.17, 15) is 19.8 Å². The van der Waals surface area contributed by atoms with Gasteiger partial charge in [-0.1, -0.05) is 135 Å². The number of carbonyl (C=O) groups excluding carboxylic acids is 2. The highest BCUT2D eigenvalue weighted by Gasteiger charge is 2.39. The first-order chi connectivity index (χ1) is 20.5. The fraction of sp³-hybridized carbons (Fsp3) is 0.400. The molecule has 4 nitrogen and oxygen atoms in total. The Balaban J connectivity index is 1.95. The lowest BCUT2D eigenvalue weighted by Crippen LogP contribution is -2.38. The molecule has 0 saturated carbocycles. The Labute approximate surface area is 265 Å². The first-order valence-electron chi connectivity index (χ1n) is 15.4. The number of aliphatic hydroxyl groups is 2. The van der Waals surface area contributed by atoms with E-state index >= 15 is 0 Å². The van der Waals surface area contributed by atoms with Gasteiger partial charge in [0.1, 0.15) is 6.10 Å². The molecule has 2 aliphatic rings. The van der Waals surface area contributed by atoms with Gasteiger partial charge in [0, 0.05) is 11.8 Å². The molecule has 2 N–H and O–H groups in total. The summed E-state index contributed by atoms with van der Waals surface area (Å²) in [6.45, 7) is 19.9. The molecule has 2 rings (SSSR count). The number of Topliss-reactive ketones (excluding diaryl/α,β-unsaturated/α-hetero) is 2. The van der Waals surface area contributed by atoms with Crippen molar-refractivity contribution in [1.82, 2.24) is 0 Å². The zero-order chi connectivity index (χ0) is 33.2. The highest BCUT2D eigenvalue weighted by atomic mass is 16.3. The number of allylic oxidation sites excluding steroid dienone is 20. The molecule has 0 aromatic rings. The summed E-state index contributed by atoms with van der Waals surface area (Å²) in [5, 5.41) is 20.4. The fourth-order valence-electron chi connectivity index (χ4n) is 5.43. The van der Waals surface area contributed by atoms with Crippen molar-refractivity contribution in [3.8, 4) is 0 Å². The second kappa shape index (κ2) is 15.9. The van der Waals surface area contributed by atoms with Gasteiger partial charge in [-0.3, -0.25) is 9.59 Å². The van der Waals surface area contributed by atoms with Gasteiger partial charge >= 0.3 is 0 Å². The normalized spacial score (nSPS) is 24.5. The standard InChI is InChI=1S/C40H52O4/c1-27(17-13-19-29(3)21-23-33-32(6)38(44)36(42)26-39(33,7)8)15-11-12-16-28(2)18-14-20-30(4)22-24-34-31(5)35(41)25-37(43)40(34,9)10/h11-24,36-37,42-43H,25-26H2,1-10H3/b12-11+,17-13+,18-14+,23-21+,24-22+,27-15+,28-16+,29-19+,30-20+/t36-,37+/m0/s1. The van der Waals surface area contributed by atoms with Gasteiger partial charge in [0.15, 0.2) is 11.6 Å². The third-order valence-electron chi connectivity index (χ3n) is 8.53. The molecule has 0 aromatic heterocycles. The van der Waals surface area contributed by atoms with Crippen molar-refractivity contribution < 1.29 is 19.8 Å². The summed E-state index contributed by atoms with van der Waals surface area (Å²) in [7, 11) is 0. The number of carbonyl (C=O) groups is 2. The highest BCUT2D eigenvalue weighted by Crippen LogP contribution is 2.40. The Morgan fingerprint density at radius 1 is 0.659 bits per heavy atom. The summed E-state index contributed by atoms with van der Waals surface area (Å²) >= 11 is 0. The van der Waals surface area contributed by atoms with Crippen molar-refractivity contribution >= 4 is 11.6 Å². The van der Waals surface area contributed by atoms with E-state index in [1.807, 2.05) is 108 Å². The summed E-state index contributed by atoms with van der Waals surface area (Å²) in [5.41, 5.74) is 6.92. The van der Waals surface area contributed by atoms with Gasteiger partial charge in [0.25, 0.3) is 0 Å². The van der Waals surface area contributed by atoms with E-state index in [1.54, 1.807) is 6.92 Å². The van der Waals surface area contributed by atoms with Crippen LogP contribution in [0.15, 0.2) is 130 Å². The van der Waals surface area contributed by atoms with Crippen LogP contribution in [-0.2, 0) is 9.59 Å². The minimum Gasteiger partial charge on any atom is -0.392 e. The molecule has 0 aromatic carbocycles. The number of ketones is 2. The Bertz CT molecular complexity index is 1450. The molecule has 2 atom stereocenters. The van der Waals surface area contributed by atoms with Crippen LogP contribution in [0.1, 0.15) is 82.1 Å². The predicted molar refractivity (Wildman–Crippen MR) is 185 cm³/mol. The van der Waals surface area contributed by atoms with Crippen molar-refractivity contribution in [1.29, 1.82) is 0 Å². The van der Waals surface area contributed by atoms with E-state index in [0.717, 1.165) is 39.0 Å². The molecule has 0 saturated heterocycles. The summed E-state index contributed by atoms with van der Waals surface area (Å²) in [6.07, 6.45) is 27.4. The van der Waals surface area contributed by atoms with Crippen LogP contribution in [0.3, 0.4) is 0 Å². The SMILES string of the molecule is CC1=C(/C=C/C(C)=C/C=C/C(C)=C/C=C/C=C(C)/C=C/C=C(C)/C=C/C2=C(C)C(=O)C[C@@H](O)C2(C)C)C(C)(C)C[C@H](O)C1=O. The van der Waals surface area contributed by atoms with Crippen LogP contribution in [0.5, 0.6) is 0 Å². The van der Waals surface area contributed by atoms with Gasteiger partial charge in [-0.15, -0.1) is 0 Å². The third kappa shape index (κ3) is 10.2. The van der Waals surface area contributed by atoms with Gasteiger partial charge in [-0.25, -0.2) is 0 Å². The monoisotopic (exact) mass is 596 g/mol. The first kappa shape index (κ1) is 36.6. The quantitative estimate of drug-likeness (QED) is 0.247. The van der Waals surface area contributed by atoms with E-state index < -0.39 is 17.6 Å². The molecule has 0 bridgehead atoms. The van der Waals surface area contributed by atoms with E-state index in [4.69, 9.17) is 0 Å². The van der Waals surface area contributed by atoms with Gasteiger partial charge in [-0.2, -0.15) is 0 Å². The molecule has 44 heavy (non-hydrogen) atoms. The maximum Gasteiger partial charge on any atom is 0.187 e. The van der Waals surface area contributed by atoms with Crippen molar-refractivity contribution in [3.05, 3.63) is 130 Å². The minimum atomic E-state index is -0.907. The Hall–Kier alpha value is -3.60. The molecule has 0 aliphatic heterocycles. The predicted octanol–water partition coefficient (Wildman–Crippen LogP) is 8.91. The van der Waals surface area contributed by atoms with Crippen LogP contribution in [0.25, 0.3) is 0 Å². The van der Waals surface area contributed by atoms with Crippen LogP contribution in [-0.4, -0.2) is 34.0 Å². The topological polar surface area (TPSA) is 74.6 Å². The molecule has 0 unspecified atom stereocenters. The van der Waals surface area contributed by atoms with Crippen molar-refractivity contribution in [2.45, 2.75) is 94.3 Å². The van der Waals surface area contributed by atoms with Gasteiger partial charge in [-0.05, 0) is 75.7 Å². The summed E-state index contributed by atoms with van der Waals surface area (Å²) in [6, 6.07) is 0. The van der Waals surface area contributed by atoms with Gasteiger partial charge in [0.05, 0.1) is 6.10 Å². The van der Waals surface area contributed by atoms with Gasteiger partial charge in [0.2, 0.25) is 0 Å². The maximum absolute atomic E-state index is 12.2. The molecular formula is C40H52O4. The van der Waals surface area contributed by atoms with Crippen LogP contribution >= 0.6 is 0 Å². The van der Waals surface area contributed by atoms with Crippen molar-refractivity contribution in [2.24, 2.45) is 10.8 Å². The molecule has 0 fully saturated rings. The second-order valence-corrected chi connectivity index (χ2v) is 13.3. The van der Waals surface area contributed by atoms with Crippen molar-refractivity contribution in [2.75, 3.05) is 0 Å². The lowest BCUT2D eigenvalue weighted by atomic mass is 9.70. The summed E-state index contributed by atoms with van der Waals surface area (Å²) < 4.78 is 0.